The number of aryl methyl sites for hydroxylation is 1. The second-order valence-corrected chi connectivity index (χ2v) is 7.66. The summed E-state index contributed by atoms with van der Waals surface area (Å²) in [5.74, 6) is 0.102. The van der Waals surface area contributed by atoms with E-state index in [2.05, 4.69) is 40.3 Å². The van der Waals surface area contributed by atoms with Crippen molar-refractivity contribution in [1.82, 2.24) is 19.6 Å². The number of rotatable bonds is 5. The summed E-state index contributed by atoms with van der Waals surface area (Å²) in [6.07, 6.45) is 1.05. The number of hydrogen-bond acceptors (Lipinski definition) is 3. The monoisotopic (exact) mass is 388 g/mol. The zero-order chi connectivity index (χ0) is 20.2. The van der Waals surface area contributed by atoms with Gasteiger partial charge in [-0.25, -0.2) is 4.68 Å². The van der Waals surface area contributed by atoms with E-state index in [4.69, 9.17) is 0 Å². The smallest absolute Gasteiger partial charge is 0.257 e. The lowest BCUT2D eigenvalue weighted by Gasteiger charge is -2.34. The standard InChI is InChI=1S/C24H28N4O/c1-19-23(20(2)28(25-19)22-11-7-4-8-12-22)24(29)27-17-15-26(16-18-27)14-13-21-9-5-3-6-10-21/h3-12H,13-18H2,1-2H3. The number of hydrogen-bond donors (Lipinski definition) is 0. The third-order valence-corrected chi connectivity index (χ3v) is 5.72. The Labute approximate surface area is 172 Å². The largest absolute Gasteiger partial charge is 0.336 e. The van der Waals surface area contributed by atoms with Gasteiger partial charge >= 0.3 is 0 Å². The molecule has 0 radical (unpaired) electrons. The first-order valence-electron chi connectivity index (χ1n) is 10.3. The minimum absolute atomic E-state index is 0.102. The molecule has 3 aromatic rings. The molecule has 1 aromatic heterocycles. The molecule has 2 heterocycles. The molecule has 0 atom stereocenters. The summed E-state index contributed by atoms with van der Waals surface area (Å²) in [6.45, 7) is 8.32. The van der Waals surface area contributed by atoms with E-state index < -0.39 is 0 Å². The zero-order valence-electron chi connectivity index (χ0n) is 17.2. The number of carbonyl (C=O) groups is 1. The highest BCUT2D eigenvalue weighted by Crippen LogP contribution is 2.20. The van der Waals surface area contributed by atoms with Crippen LogP contribution in [0.3, 0.4) is 0 Å². The maximum absolute atomic E-state index is 13.2. The second kappa shape index (κ2) is 8.62. The molecule has 1 saturated heterocycles. The highest BCUT2D eigenvalue weighted by atomic mass is 16.2. The lowest BCUT2D eigenvalue weighted by molar-refractivity contribution is 0.0637. The molecule has 0 N–H and O–H groups in total. The van der Waals surface area contributed by atoms with Crippen LogP contribution >= 0.6 is 0 Å². The van der Waals surface area contributed by atoms with Gasteiger partial charge in [0.1, 0.15) is 0 Å². The van der Waals surface area contributed by atoms with E-state index in [1.54, 1.807) is 0 Å². The molecule has 0 saturated carbocycles. The first-order chi connectivity index (χ1) is 14.1. The van der Waals surface area contributed by atoms with Crippen molar-refractivity contribution >= 4 is 5.91 Å². The molecule has 5 heteroatoms. The quantitative estimate of drug-likeness (QED) is 0.672. The number of aromatic nitrogens is 2. The van der Waals surface area contributed by atoms with E-state index >= 15 is 0 Å². The highest BCUT2D eigenvalue weighted by molar-refractivity contribution is 5.96. The van der Waals surface area contributed by atoms with Gasteiger partial charge in [0.2, 0.25) is 0 Å². The molecule has 0 bridgehead atoms. The fraction of sp³-hybridized carbons (Fsp3) is 0.333. The maximum Gasteiger partial charge on any atom is 0.257 e. The van der Waals surface area contributed by atoms with E-state index in [0.717, 1.165) is 61.8 Å². The zero-order valence-corrected chi connectivity index (χ0v) is 17.2. The number of para-hydroxylation sites is 1. The fourth-order valence-corrected chi connectivity index (χ4v) is 4.04. The minimum atomic E-state index is 0.102. The Kier molecular flexibility index (Phi) is 5.76. The van der Waals surface area contributed by atoms with E-state index in [9.17, 15) is 4.79 Å². The van der Waals surface area contributed by atoms with Gasteiger partial charge in [0, 0.05) is 32.7 Å². The number of carbonyl (C=O) groups excluding carboxylic acids is 1. The van der Waals surface area contributed by atoms with Crippen LogP contribution < -0.4 is 0 Å². The molecular weight excluding hydrogens is 360 g/mol. The van der Waals surface area contributed by atoms with Crippen molar-refractivity contribution in [3.05, 3.63) is 83.2 Å². The van der Waals surface area contributed by atoms with Crippen LogP contribution in [0.15, 0.2) is 60.7 Å². The normalized spacial score (nSPS) is 14.9. The van der Waals surface area contributed by atoms with E-state index in [1.807, 2.05) is 53.8 Å². The van der Waals surface area contributed by atoms with Crippen molar-refractivity contribution in [3.8, 4) is 5.69 Å². The van der Waals surface area contributed by atoms with Gasteiger partial charge in [0.05, 0.1) is 22.6 Å². The molecule has 1 fully saturated rings. The number of piperazine rings is 1. The number of nitrogens with zero attached hydrogens (tertiary/aromatic N) is 4. The van der Waals surface area contributed by atoms with Crippen molar-refractivity contribution in [1.29, 1.82) is 0 Å². The third kappa shape index (κ3) is 4.25. The van der Waals surface area contributed by atoms with Gasteiger partial charge in [-0.05, 0) is 38.0 Å². The molecule has 150 valence electrons. The molecule has 1 aliphatic rings. The third-order valence-electron chi connectivity index (χ3n) is 5.72. The fourth-order valence-electron chi connectivity index (χ4n) is 4.04. The average molecular weight is 389 g/mol. The summed E-state index contributed by atoms with van der Waals surface area (Å²) in [5.41, 5.74) is 4.79. The van der Waals surface area contributed by atoms with Gasteiger partial charge in [0.15, 0.2) is 0 Å². The summed E-state index contributed by atoms with van der Waals surface area (Å²) < 4.78 is 1.87. The Balaban J connectivity index is 1.39. The van der Waals surface area contributed by atoms with Gasteiger partial charge in [-0.3, -0.25) is 9.69 Å². The van der Waals surface area contributed by atoms with Crippen LogP contribution in [0.2, 0.25) is 0 Å². The number of amides is 1. The van der Waals surface area contributed by atoms with E-state index in [-0.39, 0.29) is 5.91 Å². The summed E-state index contributed by atoms with van der Waals surface area (Å²) >= 11 is 0. The van der Waals surface area contributed by atoms with Gasteiger partial charge in [-0.15, -0.1) is 0 Å². The number of benzene rings is 2. The van der Waals surface area contributed by atoms with Gasteiger partial charge in [-0.1, -0.05) is 48.5 Å². The van der Waals surface area contributed by atoms with Crippen LogP contribution in [0.4, 0.5) is 0 Å². The molecular formula is C24H28N4O. The lowest BCUT2D eigenvalue weighted by Crippen LogP contribution is -2.49. The van der Waals surface area contributed by atoms with Crippen LogP contribution in [0.1, 0.15) is 27.3 Å². The van der Waals surface area contributed by atoms with E-state index in [1.165, 1.54) is 5.56 Å². The topological polar surface area (TPSA) is 41.4 Å². The maximum atomic E-state index is 13.2. The molecule has 0 spiro atoms. The Bertz CT molecular complexity index is 957. The van der Waals surface area contributed by atoms with Crippen molar-refractivity contribution in [2.75, 3.05) is 32.7 Å². The van der Waals surface area contributed by atoms with Crippen molar-refractivity contribution in [2.24, 2.45) is 0 Å². The van der Waals surface area contributed by atoms with Crippen LogP contribution in [-0.2, 0) is 6.42 Å². The molecule has 0 aliphatic carbocycles. The molecule has 5 nitrogen and oxygen atoms in total. The molecule has 2 aromatic carbocycles. The first-order valence-corrected chi connectivity index (χ1v) is 10.3. The SMILES string of the molecule is Cc1nn(-c2ccccc2)c(C)c1C(=O)N1CCN(CCc2ccccc2)CC1. The van der Waals surface area contributed by atoms with Gasteiger partial charge in [-0.2, -0.15) is 5.10 Å². The molecule has 29 heavy (non-hydrogen) atoms. The Morgan fingerprint density at radius 2 is 1.52 bits per heavy atom. The molecule has 0 unspecified atom stereocenters. The summed E-state index contributed by atoms with van der Waals surface area (Å²) in [7, 11) is 0. The second-order valence-electron chi connectivity index (χ2n) is 7.66. The van der Waals surface area contributed by atoms with Crippen molar-refractivity contribution in [2.45, 2.75) is 20.3 Å². The van der Waals surface area contributed by atoms with E-state index in [0.29, 0.717) is 0 Å². The van der Waals surface area contributed by atoms with Crippen LogP contribution in [0.5, 0.6) is 0 Å². The summed E-state index contributed by atoms with van der Waals surface area (Å²) in [6, 6.07) is 20.6. The Morgan fingerprint density at radius 3 is 2.17 bits per heavy atom. The summed E-state index contributed by atoms with van der Waals surface area (Å²) in [5, 5.41) is 4.63. The molecule has 1 aliphatic heterocycles. The minimum Gasteiger partial charge on any atom is -0.336 e. The average Bonchev–Trinajstić information content (AvgIpc) is 3.07. The van der Waals surface area contributed by atoms with Crippen LogP contribution in [-0.4, -0.2) is 58.2 Å². The van der Waals surface area contributed by atoms with Gasteiger partial charge < -0.3 is 4.90 Å². The van der Waals surface area contributed by atoms with Gasteiger partial charge in [0.25, 0.3) is 5.91 Å². The Morgan fingerprint density at radius 1 is 0.897 bits per heavy atom. The van der Waals surface area contributed by atoms with Crippen molar-refractivity contribution in [3.63, 3.8) is 0 Å². The molecule has 1 amide bonds. The Hall–Kier alpha value is -2.92. The first kappa shape index (κ1) is 19.4. The van der Waals surface area contributed by atoms with Crippen LogP contribution in [0, 0.1) is 13.8 Å². The predicted octanol–water partition coefficient (Wildman–Crippen LogP) is 3.49. The molecule has 4 rings (SSSR count). The van der Waals surface area contributed by atoms with Crippen molar-refractivity contribution < 1.29 is 4.79 Å². The van der Waals surface area contributed by atoms with Crippen LogP contribution in [0.25, 0.3) is 5.69 Å². The lowest BCUT2D eigenvalue weighted by atomic mass is 10.1. The highest BCUT2D eigenvalue weighted by Gasteiger charge is 2.27. The predicted molar refractivity (Wildman–Crippen MR) is 116 cm³/mol. The summed E-state index contributed by atoms with van der Waals surface area (Å²) in [4.78, 5) is 17.7.